The van der Waals surface area contributed by atoms with Crippen LogP contribution in [0, 0.1) is 0 Å². The summed E-state index contributed by atoms with van der Waals surface area (Å²) in [4.78, 5) is 13.2. The van der Waals surface area contributed by atoms with Gasteiger partial charge in [-0.25, -0.2) is 0 Å². The first kappa shape index (κ1) is 28.7. The van der Waals surface area contributed by atoms with Crippen molar-refractivity contribution in [2.45, 2.75) is 56.7 Å². The number of carbonyl (C=O) groups is 1. The molecule has 0 bridgehead atoms. The Labute approximate surface area is 213 Å². The molecular weight excluding hydrogens is 527 g/mol. The fourth-order valence-corrected chi connectivity index (χ4v) is 6.30. The summed E-state index contributed by atoms with van der Waals surface area (Å²) in [6.07, 6.45) is 0. The van der Waals surface area contributed by atoms with E-state index in [-0.39, 0.29) is 27.7 Å². The van der Waals surface area contributed by atoms with Gasteiger partial charge in [-0.05, 0) is 0 Å². The van der Waals surface area contributed by atoms with E-state index in [1.165, 1.54) is 4.46 Å². The fourth-order valence-electron chi connectivity index (χ4n) is 2.99. The van der Waals surface area contributed by atoms with Crippen LogP contribution in [0.15, 0.2) is 42.5 Å². The first-order valence-electron chi connectivity index (χ1n) is 11.7. The van der Waals surface area contributed by atoms with Crippen molar-refractivity contribution < 1.29 is 23.7 Å². The Morgan fingerprint density at radius 3 is 2.15 bits per heavy atom. The third-order valence-corrected chi connectivity index (χ3v) is 10.7. The Kier molecular flexibility index (Phi) is 11.4. The van der Waals surface area contributed by atoms with Crippen molar-refractivity contribution in [3.8, 4) is 11.5 Å². The molecule has 0 aliphatic heterocycles. The molecule has 0 aliphatic carbocycles. The summed E-state index contributed by atoms with van der Waals surface area (Å²) >= 11 is 0.157. The number of carbonyl (C=O) groups excluding carboxylic acids is 1. The summed E-state index contributed by atoms with van der Waals surface area (Å²) in [6, 6.07) is 16.1. The van der Waals surface area contributed by atoms with Crippen molar-refractivity contribution in [3.63, 3.8) is 0 Å². The van der Waals surface area contributed by atoms with E-state index in [4.69, 9.17) is 18.9 Å². The van der Waals surface area contributed by atoms with Crippen molar-refractivity contribution in [2.75, 3.05) is 27.1 Å². The maximum atomic E-state index is 13.2. The summed E-state index contributed by atoms with van der Waals surface area (Å²) in [7, 11) is -0.967. The SMILES string of the molecule is COCOc1cc(OCC[Si](C)(C)C)cc(C[Se]c2ccccc2)c1C(=O)OCC[Si](C)(C)C. The van der Waals surface area contributed by atoms with Crippen LogP contribution < -0.4 is 13.9 Å². The van der Waals surface area contributed by atoms with Gasteiger partial charge in [0.2, 0.25) is 0 Å². The molecule has 0 atom stereocenters. The van der Waals surface area contributed by atoms with Crippen LogP contribution in [0.25, 0.3) is 0 Å². The van der Waals surface area contributed by atoms with Crippen LogP contribution in [0.2, 0.25) is 51.4 Å². The molecule has 0 saturated carbocycles. The molecule has 0 fully saturated rings. The Hall–Kier alpha value is -1.58. The molecule has 0 aliphatic rings. The van der Waals surface area contributed by atoms with E-state index in [0.29, 0.717) is 24.5 Å². The molecule has 0 unspecified atom stereocenters. The van der Waals surface area contributed by atoms with Crippen molar-refractivity contribution in [1.82, 2.24) is 0 Å². The molecule has 5 nitrogen and oxygen atoms in total. The predicted octanol–water partition coefficient (Wildman–Crippen LogP) is 5.41. The summed E-state index contributed by atoms with van der Waals surface area (Å²) in [5.41, 5.74) is 1.39. The number of esters is 1. The number of hydrogen-bond donors (Lipinski definition) is 0. The third-order valence-electron chi connectivity index (χ3n) is 5.04. The van der Waals surface area contributed by atoms with Crippen molar-refractivity contribution in [2.24, 2.45) is 0 Å². The quantitative estimate of drug-likeness (QED) is 0.174. The second-order valence-corrected chi connectivity index (χ2v) is 24.2. The van der Waals surface area contributed by atoms with Crippen molar-refractivity contribution in [3.05, 3.63) is 53.6 Å². The second kappa shape index (κ2) is 13.5. The van der Waals surface area contributed by atoms with Gasteiger partial charge in [-0.3, -0.25) is 0 Å². The molecule has 0 radical (unpaired) electrons. The molecular formula is C26H40O5SeSi2. The van der Waals surface area contributed by atoms with Gasteiger partial charge in [0.25, 0.3) is 0 Å². The molecule has 0 N–H and O–H groups in total. The third kappa shape index (κ3) is 10.8. The number of ether oxygens (including phenoxy) is 4. The average Bonchev–Trinajstić information content (AvgIpc) is 2.75. The van der Waals surface area contributed by atoms with E-state index in [1.54, 1.807) is 13.2 Å². The zero-order valence-corrected chi connectivity index (χ0v) is 25.4. The van der Waals surface area contributed by atoms with Gasteiger partial charge in [0.05, 0.1) is 0 Å². The van der Waals surface area contributed by atoms with Crippen LogP contribution in [0.5, 0.6) is 11.5 Å². The number of hydrogen-bond acceptors (Lipinski definition) is 5. The van der Waals surface area contributed by atoms with Crippen molar-refractivity contribution >= 4 is 41.5 Å². The van der Waals surface area contributed by atoms with Gasteiger partial charge < -0.3 is 0 Å². The van der Waals surface area contributed by atoms with Gasteiger partial charge in [0.1, 0.15) is 0 Å². The molecule has 0 aromatic heterocycles. The van der Waals surface area contributed by atoms with Crippen LogP contribution in [0.3, 0.4) is 0 Å². The summed E-state index contributed by atoms with van der Waals surface area (Å²) < 4.78 is 24.1. The van der Waals surface area contributed by atoms with Gasteiger partial charge in [0, 0.05) is 0 Å². The zero-order chi connectivity index (χ0) is 25.2. The Morgan fingerprint density at radius 2 is 1.53 bits per heavy atom. The predicted molar refractivity (Wildman–Crippen MR) is 147 cm³/mol. The van der Waals surface area contributed by atoms with E-state index >= 15 is 0 Å². The number of rotatable bonds is 14. The number of benzene rings is 2. The standard InChI is InChI=1S/C26H40O5SeSi2/c1-28-20-31-24-18-22(29-13-15-33(2,3)4)17-21(19-32-23-11-9-8-10-12-23)25(24)26(27)30-14-16-34(5,6)7/h8-12,17-18H,13-16,19-20H2,1-7H3. The van der Waals surface area contributed by atoms with E-state index in [9.17, 15) is 4.79 Å². The minimum absolute atomic E-state index is 0.0524. The molecule has 8 heteroatoms. The Morgan fingerprint density at radius 1 is 0.882 bits per heavy atom. The molecule has 0 heterocycles. The Balaban J connectivity index is 2.34. The Bertz CT molecular complexity index is 908. The fraction of sp³-hybridized carbons (Fsp3) is 0.500. The van der Waals surface area contributed by atoms with Crippen LogP contribution in [-0.4, -0.2) is 64.2 Å². The topological polar surface area (TPSA) is 54.0 Å². The minimum atomic E-state index is -1.31. The summed E-state index contributed by atoms with van der Waals surface area (Å²) in [6.45, 7) is 14.9. The molecule has 188 valence electrons. The maximum absolute atomic E-state index is 13.2. The van der Waals surface area contributed by atoms with Gasteiger partial charge in [0.15, 0.2) is 0 Å². The van der Waals surface area contributed by atoms with Crippen LogP contribution in [-0.2, 0) is 14.8 Å². The summed E-state index contributed by atoms with van der Waals surface area (Å²) in [5.74, 6) is 0.850. The van der Waals surface area contributed by atoms with Crippen molar-refractivity contribution in [1.29, 1.82) is 0 Å². The monoisotopic (exact) mass is 568 g/mol. The van der Waals surface area contributed by atoms with Gasteiger partial charge >= 0.3 is 214 Å². The van der Waals surface area contributed by atoms with Crippen LogP contribution in [0.4, 0.5) is 0 Å². The first-order chi connectivity index (χ1) is 16.0. The molecule has 0 amide bonds. The molecule has 34 heavy (non-hydrogen) atoms. The van der Waals surface area contributed by atoms with Gasteiger partial charge in [-0.2, -0.15) is 0 Å². The molecule has 0 saturated heterocycles. The second-order valence-electron chi connectivity index (χ2n) is 10.7. The summed E-state index contributed by atoms with van der Waals surface area (Å²) in [5, 5.41) is 0.740. The molecule has 0 spiro atoms. The van der Waals surface area contributed by atoms with E-state index in [0.717, 1.165) is 28.7 Å². The normalized spacial score (nSPS) is 11.9. The average molecular weight is 568 g/mol. The van der Waals surface area contributed by atoms with E-state index < -0.39 is 16.1 Å². The van der Waals surface area contributed by atoms with Gasteiger partial charge in [-0.1, -0.05) is 0 Å². The van der Waals surface area contributed by atoms with Crippen LogP contribution in [0.1, 0.15) is 15.9 Å². The van der Waals surface area contributed by atoms with E-state index in [2.05, 4.69) is 51.4 Å². The first-order valence-corrected chi connectivity index (χ1v) is 21.2. The molecule has 2 aromatic rings. The van der Waals surface area contributed by atoms with Gasteiger partial charge in [-0.15, -0.1) is 0 Å². The van der Waals surface area contributed by atoms with E-state index in [1.807, 2.05) is 24.3 Å². The van der Waals surface area contributed by atoms with Crippen LogP contribution >= 0.6 is 0 Å². The number of methoxy groups -OCH3 is 1. The molecule has 2 rings (SSSR count). The zero-order valence-electron chi connectivity index (χ0n) is 21.7. The molecule has 2 aromatic carbocycles.